The Hall–Kier alpha value is -1.68. The lowest BCUT2D eigenvalue weighted by molar-refractivity contribution is -0.130. The fourth-order valence-electron chi connectivity index (χ4n) is 2.07. The summed E-state index contributed by atoms with van der Waals surface area (Å²) in [7, 11) is 1.87. The molecule has 0 aliphatic heterocycles. The molecule has 0 spiro atoms. The quantitative estimate of drug-likeness (QED) is 0.845. The van der Waals surface area contributed by atoms with E-state index < -0.39 is 0 Å². The van der Waals surface area contributed by atoms with Gasteiger partial charge in [0.1, 0.15) is 0 Å². The minimum Gasteiger partial charge on any atom is -0.341 e. The van der Waals surface area contributed by atoms with Crippen molar-refractivity contribution in [2.24, 2.45) is 0 Å². The number of hydrogen-bond donors (Lipinski definition) is 0. The highest BCUT2D eigenvalue weighted by atomic mass is 32.1. The van der Waals surface area contributed by atoms with E-state index in [-0.39, 0.29) is 5.91 Å². The zero-order chi connectivity index (χ0) is 14.5. The van der Waals surface area contributed by atoms with Gasteiger partial charge in [-0.25, -0.2) is 4.98 Å². The van der Waals surface area contributed by atoms with E-state index in [0.29, 0.717) is 13.0 Å². The second-order valence-corrected chi connectivity index (χ2v) is 6.34. The van der Waals surface area contributed by atoms with Crippen molar-refractivity contribution in [3.8, 4) is 0 Å². The Morgan fingerprint density at radius 1 is 1.30 bits per heavy atom. The monoisotopic (exact) mass is 288 g/mol. The summed E-state index contributed by atoms with van der Waals surface area (Å²) in [5, 5.41) is 1.06. The van der Waals surface area contributed by atoms with Gasteiger partial charge in [-0.3, -0.25) is 4.79 Å². The first kappa shape index (κ1) is 14.7. The van der Waals surface area contributed by atoms with Gasteiger partial charge >= 0.3 is 0 Å². The highest BCUT2D eigenvalue weighted by molar-refractivity contribution is 7.11. The lowest BCUT2D eigenvalue weighted by Crippen LogP contribution is -2.26. The number of benzene rings is 1. The summed E-state index contributed by atoms with van der Waals surface area (Å²) in [5.41, 5.74) is 2.43. The number of hydrogen-bond acceptors (Lipinski definition) is 3. The molecule has 0 bridgehead atoms. The molecule has 1 heterocycles. The van der Waals surface area contributed by atoms with Gasteiger partial charge in [0.2, 0.25) is 5.91 Å². The summed E-state index contributed by atoms with van der Waals surface area (Å²) in [6.07, 6.45) is 3.20. The standard InChI is InChI=1S/C16H20N2OS/c1-12-6-4-5-7-14(12)11-18(3)16(19)9-8-15-10-17-13(2)20-15/h4-7,10H,8-9,11H2,1-3H3. The Morgan fingerprint density at radius 3 is 2.70 bits per heavy atom. The normalized spacial score (nSPS) is 10.6. The largest absolute Gasteiger partial charge is 0.341 e. The lowest BCUT2D eigenvalue weighted by atomic mass is 10.1. The van der Waals surface area contributed by atoms with Crippen LogP contribution in [0.4, 0.5) is 0 Å². The molecule has 4 heteroatoms. The lowest BCUT2D eigenvalue weighted by Gasteiger charge is -2.18. The second kappa shape index (κ2) is 6.66. The maximum absolute atomic E-state index is 12.1. The van der Waals surface area contributed by atoms with Gasteiger partial charge in [-0.2, -0.15) is 0 Å². The molecule has 1 aromatic heterocycles. The van der Waals surface area contributed by atoms with Gasteiger partial charge in [0.25, 0.3) is 0 Å². The Bertz CT molecular complexity index is 592. The van der Waals surface area contributed by atoms with Gasteiger partial charge in [-0.05, 0) is 31.4 Å². The molecule has 0 aliphatic carbocycles. The SMILES string of the molecule is Cc1ncc(CCC(=O)N(C)Cc2ccccc2C)s1. The smallest absolute Gasteiger partial charge is 0.222 e. The highest BCUT2D eigenvalue weighted by Crippen LogP contribution is 2.15. The van der Waals surface area contributed by atoms with E-state index in [9.17, 15) is 4.79 Å². The Kier molecular flexibility index (Phi) is 4.90. The molecule has 0 saturated carbocycles. The summed E-state index contributed by atoms with van der Waals surface area (Å²) < 4.78 is 0. The van der Waals surface area contributed by atoms with E-state index in [2.05, 4.69) is 24.0 Å². The van der Waals surface area contributed by atoms with E-state index in [4.69, 9.17) is 0 Å². The van der Waals surface area contributed by atoms with Crippen LogP contribution in [0.3, 0.4) is 0 Å². The molecule has 0 radical (unpaired) electrons. The molecule has 0 N–H and O–H groups in total. The number of amides is 1. The average Bonchev–Trinajstić information content (AvgIpc) is 2.84. The summed E-state index contributed by atoms with van der Waals surface area (Å²) in [5.74, 6) is 0.180. The second-order valence-electron chi connectivity index (χ2n) is 5.02. The fourth-order valence-corrected chi connectivity index (χ4v) is 2.87. The summed E-state index contributed by atoms with van der Waals surface area (Å²) >= 11 is 1.67. The van der Waals surface area contributed by atoms with Gasteiger partial charge in [0.05, 0.1) is 5.01 Å². The number of aromatic nitrogens is 1. The molecule has 20 heavy (non-hydrogen) atoms. The van der Waals surface area contributed by atoms with Gasteiger partial charge in [-0.15, -0.1) is 11.3 Å². The molecular weight excluding hydrogens is 268 g/mol. The summed E-state index contributed by atoms with van der Waals surface area (Å²) in [6, 6.07) is 8.19. The van der Waals surface area contributed by atoms with Crippen LogP contribution in [0.1, 0.15) is 27.4 Å². The van der Waals surface area contributed by atoms with Crippen molar-refractivity contribution < 1.29 is 4.79 Å². The molecule has 0 saturated heterocycles. The van der Waals surface area contributed by atoms with Crippen LogP contribution in [0, 0.1) is 13.8 Å². The van der Waals surface area contributed by atoms with E-state index in [1.165, 1.54) is 16.0 Å². The summed E-state index contributed by atoms with van der Waals surface area (Å²) in [6.45, 7) is 4.74. The molecule has 0 atom stereocenters. The highest BCUT2D eigenvalue weighted by Gasteiger charge is 2.11. The van der Waals surface area contributed by atoms with E-state index in [1.807, 2.05) is 32.3 Å². The van der Waals surface area contributed by atoms with Crippen molar-refractivity contribution in [3.63, 3.8) is 0 Å². The topological polar surface area (TPSA) is 33.2 Å². The third kappa shape index (κ3) is 3.90. The van der Waals surface area contributed by atoms with Crippen LogP contribution in [-0.4, -0.2) is 22.8 Å². The Labute approximate surface area is 124 Å². The van der Waals surface area contributed by atoms with E-state index in [1.54, 1.807) is 16.2 Å². The fraction of sp³-hybridized carbons (Fsp3) is 0.375. The number of carbonyl (C=O) groups is 1. The predicted molar refractivity (Wildman–Crippen MR) is 82.8 cm³/mol. The number of thiazole rings is 1. The maximum atomic E-state index is 12.1. The van der Waals surface area contributed by atoms with Gasteiger partial charge < -0.3 is 4.90 Å². The Morgan fingerprint density at radius 2 is 2.05 bits per heavy atom. The first-order chi connectivity index (χ1) is 9.56. The van der Waals surface area contributed by atoms with Gasteiger partial charge in [0, 0.05) is 31.1 Å². The molecule has 3 nitrogen and oxygen atoms in total. The van der Waals surface area contributed by atoms with Crippen LogP contribution in [0.2, 0.25) is 0 Å². The molecule has 0 fully saturated rings. The van der Waals surface area contributed by atoms with Crippen molar-refractivity contribution in [1.82, 2.24) is 9.88 Å². The molecule has 0 unspecified atom stereocenters. The third-order valence-electron chi connectivity index (χ3n) is 3.35. The minimum absolute atomic E-state index is 0.180. The van der Waals surface area contributed by atoms with Crippen molar-refractivity contribution in [2.75, 3.05) is 7.05 Å². The van der Waals surface area contributed by atoms with Crippen molar-refractivity contribution in [3.05, 3.63) is 51.5 Å². The first-order valence-corrected chi connectivity index (χ1v) is 7.57. The molecule has 0 aliphatic rings. The zero-order valence-corrected chi connectivity index (χ0v) is 13.0. The first-order valence-electron chi connectivity index (χ1n) is 6.76. The molecule has 2 aromatic rings. The van der Waals surface area contributed by atoms with Crippen molar-refractivity contribution in [2.45, 2.75) is 33.2 Å². The number of carbonyl (C=O) groups excluding carboxylic acids is 1. The molecule has 1 aromatic carbocycles. The van der Waals surface area contributed by atoms with Crippen LogP contribution < -0.4 is 0 Å². The maximum Gasteiger partial charge on any atom is 0.222 e. The number of rotatable bonds is 5. The van der Waals surface area contributed by atoms with Crippen LogP contribution in [0.25, 0.3) is 0 Å². The predicted octanol–water partition coefficient (Wildman–Crippen LogP) is 3.35. The van der Waals surface area contributed by atoms with E-state index >= 15 is 0 Å². The molecule has 106 valence electrons. The molecular formula is C16H20N2OS. The zero-order valence-electron chi connectivity index (χ0n) is 12.2. The van der Waals surface area contributed by atoms with E-state index in [0.717, 1.165) is 11.4 Å². The summed E-state index contributed by atoms with van der Waals surface area (Å²) in [4.78, 5) is 19.3. The third-order valence-corrected chi connectivity index (χ3v) is 4.32. The molecule has 2 rings (SSSR count). The minimum atomic E-state index is 0.180. The van der Waals surface area contributed by atoms with Gasteiger partial charge in [-0.1, -0.05) is 24.3 Å². The molecule has 1 amide bonds. The number of nitrogens with zero attached hydrogens (tertiary/aromatic N) is 2. The Balaban J connectivity index is 1.87. The number of aryl methyl sites for hydroxylation is 3. The average molecular weight is 288 g/mol. The van der Waals surface area contributed by atoms with Crippen LogP contribution >= 0.6 is 11.3 Å². The van der Waals surface area contributed by atoms with Gasteiger partial charge in [0.15, 0.2) is 0 Å². The van der Waals surface area contributed by atoms with Crippen molar-refractivity contribution in [1.29, 1.82) is 0 Å². The van der Waals surface area contributed by atoms with Crippen molar-refractivity contribution >= 4 is 17.2 Å². The van der Waals surface area contributed by atoms with Crippen LogP contribution in [0.5, 0.6) is 0 Å². The van der Waals surface area contributed by atoms with Crippen LogP contribution in [-0.2, 0) is 17.8 Å². The van der Waals surface area contributed by atoms with Crippen LogP contribution in [0.15, 0.2) is 30.5 Å².